The summed E-state index contributed by atoms with van der Waals surface area (Å²) < 4.78 is 0. The molecule has 1 atom stereocenters. The minimum Gasteiger partial charge on any atom is -0.378 e. The molecule has 16 heavy (non-hydrogen) atoms. The fourth-order valence-electron chi connectivity index (χ4n) is 1.67. The second-order valence-electron chi connectivity index (χ2n) is 3.89. The van der Waals surface area contributed by atoms with E-state index >= 15 is 0 Å². The van der Waals surface area contributed by atoms with Crippen LogP contribution in [0.25, 0.3) is 0 Å². The highest BCUT2D eigenvalue weighted by atomic mass is 32.1. The van der Waals surface area contributed by atoms with Crippen LogP contribution >= 0.6 is 11.3 Å². The standard InChI is InChI=1S/C14H17NS/c1-3-13-9-10-14(16-13)11(2)15-12-7-5-4-6-8-12/h4-11,15H,3H2,1-2H3. The number of hydrogen-bond donors (Lipinski definition) is 1. The maximum atomic E-state index is 3.51. The number of anilines is 1. The van der Waals surface area contributed by atoms with E-state index in [4.69, 9.17) is 0 Å². The molecule has 0 aliphatic heterocycles. The lowest BCUT2D eigenvalue weighted by Gasteiger charge is -2.13. The maximum absolute atomic E-state index is 3.51. The van der Waals surface area contributed by atoms with Crippen molar-refractivity contribution in [3.63, 3.8) is 0 Å². The molecule has 2 aromatic rings. The normalized spacial score (nSPS) is 12.4. The molecule has 0 amide bonds. The lowest BCUT2D eigenvalue weighted by atomic mass is 10.2. The summed E-state index contributed by atoms with van der Waals surface area (Å²) in [5.74, 6) is 0. The minimum absolute atomic E-state index is 0.382. The van der Waals surface area contributed by atoms with Crippen LogP contribution in [-0.4, -0.2) is 0 Å². The molecule has 1 heterocycles. The van der Waals surface area contributed by atoms with Crippen molar-refractivity contribution < 1.29 is 0 Å². The number of rotatable bonds is 4. The van der Waals surface area contributed by atoms with E-state index in [-0.39, 0.29) is 0 Å². The van der Waals surface area contributed by atoms with Gasteiger partial charge in [-0.25, -0.2) is 0 Å². The second kappa shape index (κ2) is 5.17. The topological polar surface area (TPSA) is 12.0 Å². The highest BCUT2D eigenvalue weighted by Crippen LogP contribution is 2.26. The molecule has 1 unspecified atom stereocenters. The van der Waals surface area contributed by atoms with E-state index < -0.39 is 0 Å². The molecular formula is C14H17NS. The summed E-state index contributed by atoms with van der Waals surface area (Å²) in [7, 11) is 0. The monoisotopic (exact) mass is 231 g/mol. The van der Waals surface area contributed by atoms with E-state index in [1.165, 1.54) is 15.4 Å². The molecule has 1 nitrogen and oxygen atoms in total. The van der Waals surface area contributed by atoms with Crippen LogP contribution in [0.2, 0.25) is 0 Å². The Hall–Kier alpha value is -1.28. The number of thiophene rings is 1. The molecule has 0 bridgehead atoms. The molecule has 2 heteroatoms. The summed E-state index contributed by atoms with van der Waals surface area (Å²) in [5.41, 5.74) is 1.18. The van der Waals surface area contributed by atoms with Crippen molar-refractivity contribution in [3.05, 3.63) is 52.2 Å². The van der Waals surface area contributed by atoms with Gasteiger partial charge in [0.25, 0.3) is 0 Å². The Labute approximate surface area is 101 Å². The van der Waals surface area contributed by atoms with Gasteiger partial charge in [-0.15, -0.1) is 11.3 Å². The van der Waals surface area contributed by atoms with Crippen molar-refractivity contribution in [2.24, 2.45) is 0 Å². The Bertz CT molecular complexity index is 433. The Morgan fingerprint density at radius 1 is 1.12 bits per heavy atom. The largest absolute Gasteiger partial charge is 0.378 e. The molecule has 0 fully saturated rings. The van der Waals surface area contributed by atoms with Crippen molar-refractivity contribution >= 4 is 17.0 Å². The van der Waals surface area contributed by atoms with E-state index in [1.807, 2.05) is 17.4 Å². The summed E-state index contributed by atoms with van der Waals surface area (Å²) in [6.07, 6.45) is 1.13. The van der Waals surface area contributed by atoms with Crippen molar-refractivity contribution in [3.8, 4) is 0 Å². The third-order valence-electron chi connectivity index (χ3n) is 2.61. The van der Waals surface area contributed by atoms with Crippen LogP contribution in [0.1, 0.15) is 29.6 Å². The highest BCUT2D eigenvalue weighted by Gasteiger charge is 2.07. The first-order valence-corrected chi connectivity index (χ1v) is 6.51. The van der Waals surface area contributed by atoms with Gasteiger partial charge < -0.3 is 5.32 Å². The molecule has 1 aromatic carbocycles. The molecule has 0 saturated carbocycles. The zero-order chi connectivity index (χ0) is 11.4. The van der Waals surface area contributed by atoms with Crippen molar-refractivity contribution in [1.29, 1.82) is 0 Å². The molecule has 0 radical (unpaired) electrons. The number of benzene rings is 1. The van der Waals surface area contributed by atoms with Crippen LogP contribution in [0.5, 0.6) is 0 Å². The van der Waals surface area contributed by atoms with Crippen molar-refractivity contribution in [1.82, 2.24) is 0 Å². The van der Waals surface area contributed by atoms with Gasteiger partial charge in [-0.2, -0.15) is 0 Å². The summed E-state index contributed by atoms with van der Waals surface area (Å²) in [6, 6.07) is 15.2. The molecule has 1 N–H and O–H groups in total. The molecule has 0 aliphatic carbocycles. The third-order valence-corrected chi connectivity index (χ3v) is 4.03. The first kappa shape index (κ1) is 11.2. The summed E-state index contributed by atoms with van der Waals surface area (Å²) in [4.78, 5) is 2.86. The van der Waals surface area contributed by atoms with E-state index in [0.29, 0.717) is 6.04 Å². The molecule has 0 spiro atoms. The molecular weight excluding hydrogens is 214 g/mol. The number of nitrogens with one attached hydrogen (secondary N) is 1. The van der Waals surface area contributed by atoms with Crippen LogP contribution in [0.3, 0.4) is 0 Å². The van der Waals surface area contributed by atoms with Gasteiger partial charge in [0, 0.05) is 15.4 Å². The lowest BCUT2D eigenvalue weighted by Crippen LogP contribution is -2.04. The molecule has 0 aliphatic rings. The van der Waals surface area contributed by atoms with Gasteiger partial charge in [-0.3, -0.25) is 0 Å². The Morgan fingerprint density at radius 2 is 1.88 bits per heavy atom. The fraction of sp³-hybridized carbons (Fsp3) is 0.286. The van der Waals surface area contributed by atoms with E-state index in [1.54, 1.807) is 0 Å². The SMILES string of the molecule is CCc1ccc(C(C)Nc2ccccc2)s1. The van der Waals surface area contributed by atoms with Gasteiger partial charge >= 0.3 is 0 Å². The van der Waals surface area contributed by atoms with Crippen molar-refractivity contribution in [2.75, 3.05) is 5.32 Å². The Kier molecular flexibility index (Phi) is 3.62. The molecule has 0 saturated heterocycles. The Morgan fingerprint density at radius 3 is 2.50 bits per heavy atom. The summed E-state index contributed by atoms with van der Waals surface area (Å²) in [6.45, 7) is 4.41. The van der Waals surface area contributed by atoms with Crippen LogP contribution in [0.15, 0.2) is 42.5 Å². The van der Waals surface area contributed by atoms with Gasteiger partial charge in [0.05, 0.1) is 6.04 Å². The predicted molar refractivity (Wildman–Crippen MR) is 72.2 cm³/mol. The average molecular weight is 231 g/mol. The van der Waals surface area contributed by atoms with Crippen LogP contribution in [0, 0.1) is 0 Å². The van der Waals surface area contributed by atoms with Crippen LogP contribution in [-0.2, 0) is 6.42 Å². The molecule has 1 aromatic heterocycles. The van der Waals surface area contributed by atoms with Gasteiger partial charge in [0.15, 0.2) is 0 Å². The van der Waals surface area contributed by atoms with Gasteiger partial charge in [-0.1, -0.05) is 25.1 Å². The lowest BCUT2D eigenvalue weighted by molar-refractivity contribution is 0.908. The number of hydrogen-bond acceptors (Lipinski definition) is 2. The van der Waals surface area contributed by atoms with Crippen LogP contribution < -0.4 is 5.32 Å². The summed E-state index contributed by atoms with van der Waals surface area (Å²) >= 11 is 1.90. The zero-order valence-corrected chi connectivity index (χ0v) is 10.6. The minimum atomic E-state index is 0.382. The van der Waals surface area contributed by atoms with Gasteiger partial charge in [-0.05, 0) is 37.6 Å². The van der Waals surface area contributed by atoms with E-state index in [0.717, 1.165) is 6.42 Å². The average Bonchev–Trinajstić information content (AvgIpc) is 2.79. The van der Waals surface area contributed by atoms with Crippen LogP contribution in [0.4, 0.5) is 5.69 Å². The van der Waals surface area contributed by atoms with Crippen molar-refractivity contribution in [2.45, 2.75) is 26.3 Å². The van der Waals surface area contributed by atoms with E-state index in [2.05, 4.69) is 55.6 Å². The number of para-hydroxylation sites is 1. The first-order valence-electron chi connectivity index (χ1n) is 5.69. The van der Waals surface area contributed by atoms with Gasteiger partial charge in [0.1, 0.15) is 0 Å². The maximum Gasteiger partial charge on any atom is 0.0578 e. The molecule has 84 valence electrons. The quantitative estimate of drug-likeness (QED) is 0.818. The fourth-order valence-corrected chi connectivity index (χ4v) is 2.63. The third kappa shape index (κ3) is 2.64. The smallest absolute Gasteiger partial charge is 0.0578 e. The second-order valence-corrected chi connectivity index (χ2v) is 5.09. The van der Waals surface area contributed by atoms with Gasteiger partial charge in [0.2, 0.25) is 0 Å². The molecule has 2 rings (SSSR count). The Balaban J connectivity index is 2.05. The predicted octanol–water partition coefficient (Wildman–Crippen LogP) is 4.48. The number of aryl methyl sites for hydroxylation is 1. The zero-order valence-electron chi connectivity index (χ0n) is 9.73. The highest BCUT2D eigenvalue weighted by molar-refractivity contribution is 7.12. The summed E-state index contributed by atoms with van der Waals surface area (Å²) in [5, 5.41) is 3.51. The first-order chi connectivity index (χ1) is 7.79. The van der Waals surface area contributed by atoms with E-state index in [9.17, 15) is 0 Å².